The maximum absolute atomic E-state index is 12.8. The van der Waals surface area contributed by atoms with Gasteiger partial charge in [0.15, 0.2) is 0 Å². The fourth-order valence-electron chi connectivity index (χ4n) is 4.40. The van der Waals surface area contributed by atoms with Crippen molar-refractivity contribution in [1.29, 1.82) is 0 Å². The SMILES string of the molecule is Cc1nn(CC(C)C)c(C)c1CCC(=O)NCC(c1cccs1)c1c[nH]c2ccccc12. The molecule has 0 radical (unpaired) electrons. The minimum atomic E-state index is 0.0850. The lowest BCUT2D eigenvalue weighted by Gasteiger charge is -2.16. The molecule has 0 fully saturated rings. The van der Waals surface area contributed by atoms with Crippen LogP contribution < -0.4 is 5.32 Å². The summed E-state index contributed by atoms with van der Waals surface area (Å²) in [6, 6.07) is 12.6. The van der Waals surface area contributed by atoms with Crippen LogP contribution in [-0.2, 0) is 17.8 Å². The summed E-state index contributed by atoms with van der Waals surface area (Å²) in [5.74, 6) is 0.761. The van der Waals surface area contributed by atoms with Crippen LogP contribution in [0.4, 0.5) is 0 Å². The Bertz CT molecular complexity index is 1190. The van der Waals surface area contributed by atoms with Crippen molar-refractivity contribution in [3.05, 3.63) is 75.4 Å². The van der Waals surface area contributed by atoms with Crippen molar-refractivity contribution in [1.82, 2.24) is 20.1 Å². The van der Waals surface area contributed by atoms with Crippen LogP contribution in [0.5, 0.6) is 0 Å². The van der Waals surface area contributed by atoms with Crippen LogP contribution in [0.1, 0.15) is 53.6 Å². The largest absolute Gasteiger partial charge is 0.361 e. The number of thiophene rings is 1. The Hall–Kier alpha value is -2.86. The van der Waals surface area contributed by atoms with Crippen molar-refractivity contribution >= 4 is 28.1 Å². The van der Waals surface area contributed by atoms with Crippen LogP contribution in [-0.4, -0.2) is 27.2 Å². The van der Waals surface area contributed by atoms with E-state index in [0.29, 0.717) is 18.9 Å². The number of carbonyl (C=O) groups is 1. The van der Waals surface area contributed by atoms with Gasteiger partial charge >= 0.3 is 0 Å². The van der Waals surface area contributed by atoms with Gasteiger partial charge in [-0.1, -0.05) is 38.1 Å². The van der Waals surface area contributed by atoms with Crippen molar-refractivity contribution < 1.29 is 4.79 Å². The van der Waals surface area contributed by atoms with E-state index in [0.717, 1.165) is 24.2 Å². The third kappa shape index (κ3) is 4.80. The normalized spacial score (nSPS) is 12.5. The zero-order valence-corrected chi connectivity index (χ0v) is 20.1. The summed E-state index contributed by atoms with van der Waals surface area (Å²) in [5.41, 5.74) is 5.77. The first-order valence-electron chi connectivity index (χ1n) is 11.3. The fraction of sp³-hybridized carbons (Fsp3) is 0.385. The number of hydrogen-bond donors (Lipinski definition) is 2. The summed E-state index contributed by atoms with van der Waals surface area (Å²) in [7, 11) is 0. The number of aromatic amines is 1. The summed E-state index contributed by atoms with van der Waals surface area (Å²) in [6.07, 6.45) is 3.27. The molecule has 0 saturated heterocycles. The number of fused-ring (bicyclic) bond motifs is 1. The Morgan fingerprint density at radius 2 is 2.00 bits per heavy atom. The summed E-state index contributed by atoms with van der Waals surface area (Å²) in [4.78, 5) is 17.4. The molecule has 1 atom stereocenters. The predicted molar refractivity (Wildman–Crippen MR) is 132 cm³/mol. The lowest BCUT2D eigenvalue weighted by atomic mass is 9.96. The Labute approximate surface area is 193 Å². The molecule has 4 rings (SSSR count). The molecule has 0 bridgehead atoms. The lowest BCUT2D eigenvalue weighted by Crippen LogP contribution is -2.28. The smallest absolute Gasteiger partial charge is 0.220 e. The number of benzene rings is 1. The van der Waals surface area contributed by atoms with Gasteiger partial charge in [0.05, 0.1) is 5.69 Å². The molecule has 1 unspecified atom stereocenters. The third-order valence-corrected chi connectivity index (χ3v) is 7.04. The molecule has 4 aromatic rings. The van der Waals surface area contributed by atoms with Gasteiger partial charge in [-0.2, -0.15) is 5.10 Å². The Kier molecular flexibility index (Phi) is 6.80. The van der Waals surface area contributed by atoms with Gasteiger partial charge in [-0.15, -0.1) is 11.3 Å². The first-order chi connectivity index (χ1) is 15.4. The van der Waals surface area contributed by atoms with Gasteiger partial charge in [-0.25, -0.2) is 0 Å². The van der Waals surface area contributed by atoms with Crippen LogP contribution in [0.25, 0.3) is 10.9 Å². The van der Waals surface area contributed by atoms with Crippen LogP contribution >= 0.6 is 11.3 Å². The number of rotatable bonds is 9. The van der Waals surface area contributed by atoms with E-state index in [-0.39, 0.29) is 11.8 Å². The molecule has 0 aliphatic rings. The highest BCUT2D eigenvalue weighted by molar-refractivity contribution is 7.10. The summed E-state index contributed by atoms with van der Waals surface area (Å²) in [5, 5.41) is 11.2. The molecule has 0 aliphatic carbocycles. The highest BCUT2D eigenvalue weighted by Gasteiger charge is 2.20. The number of nitrogens with one attached hydrogen (secondary N) is 2. The highest BCUT2D eigenvalue weighted by atomic mass is 32.1. The molecule has 3 aromatic heterocycles. The molecule has 32 heavy (non-hydrogen) atoms. The van der Waals surface area contributed by atoms with Gasteiger partial charge in [-0.05, 0) is 54.8 Å². The van der Waals surface area contributed by atoms with E-state index in [4.69, 9.17) is 0 Å². The van der Waals surface area contributed by atoms with Crippen LogP contribution in [0.3, 0.4) is 0 Å². The first kappa shape index (κ1) is 22.3. The van der Waals surface area contributed by atoms with Gasteiger partial charge in [0, 0.05) is 53.1 Å². The number of carbonyl (C=O) groups excluding carboxylic acids is 1. The van der Waals surface area contributed by atoms with E-state index < -0.39 is 0 Å². The number of aromatic nitrogens is 3. The third-order valence-electron chi connectivity index (χ3n) is 6.06. The van der Waals surface area contributed by atoms with Gasteiger partial charge in [-0.3, -0.25) is 9.48 Å². The maximum Gasteiger partial charge on any atom is 0.220 e. The van der Waals surface area contributed by atoms with E-state index in [1.807, 2.05) is 13.0 Å². The number of amides is 1. The molecule has 1 amide bonds. The van der Waals surface area contributed by atoms with E-state index in [1.165, 1.54) is 27.1 Å². The minimum absolute atomic E-state index is 0.0850. The quantitative estimate of drug-likeness (QED) is 0.351. The monoisotopic (exact) mass is 448 g/mol. The first-order valence-corrected chi connectivity index (χ1v) is 12.2. The van der Waals surface area contributed by atoms with Crippen LogP contribution in [0.2, 0.25) is 0 Å². The maximum atomic E-state index is 12.8. The van der Waals surface area contributed by atoms with Crippen molar-refractivity contribution in [2.24, 2.45) is 5.92 Å². The summed E-state index contributed by atoms with van der Waals surface area (Å²) >= 11 is 1.73. The van der Waals surface area contributed by atoms with Gasteiger partial charge in [0.2, 0.25) is 5.91 Å². The number of hydrogen-bond acceptors (Lipinski definition) is 3. The molecule has 3 heterocycles. The molecular formula is C26H32N4OS. The molecule has 0 aliphatic heterocycles. The van der Waals surface area contributed by atoms with Gasteiger partial charge in [0.25, 0.3) is 0 Å². The molecule has 0 spiro atoms. The zero-order chi connectivity index (χ0) is 22.7. The molecule has 5 nitrogen and oxygen atoms in total. The zero-order valence-electron chi connectivity index (χ0n) is 19.3. The van der Waals surface area contributed by atoms with Crippen LogP contribution in [0, 0.1) is 19.8 Å². The Balaban J connectivity index is 1.43. The second-order valence-electron chi connectivity index (χ2n) is 8.89. The van der Waals surface area contributed by atoms with E-state index in [2.05, 4.69) is 82.8 Å². The van der Waals surface area contributed by atoms with E-state index >= 15 is 0 Å². The van der Waals surface area contributed by atoms with Crippen molar-refractivity contribution in [3.8, 4) is 0 Å². The second kappa shape index (κ2) is 9.74. The molecule has 2 N–H and O–H groups in total. The standard InChI is InChI=1S/C26H32N4OS/c1-17(2)16-30-19(4)20(18(3)29-30)11-12-26(31)28-15-23(25-10-7-13-32-25)22-14-27-24-9-6-5-8-21(22)24/h5-10,13-14,17,23,27H,11-12,15-16H2,1-4H3,(H,28,31). The lowest BCUT2D eigenvalue weighted by molar-refractivity contribution is -0.121. The second-order valence-corrected chi connectivity index (χ2v) is 9.87. The fourth-order valence-corrected chi connectivity index (χ4v) is 5.24. The molecule has 6 heteroatoms. The van der Waals surface area contributed by atoms with E-state index in [1.54, 1.807) is 11.3 Å². The van der Waals surface area contributed by atoms with Crippen molar-refractivity contribution in [3.63, 3.8) is 0 Å². The number of para-hydroxylation sites is 1. The molecule has 168 valence electrons. The molecule has 0 saturated carbocycles. The average Bonchev–Trinajstić information content (AvgIpc) is 3.49. The van der Waals surface area contributed by atoms with E-state index in [9.17, 15) is 4.79 Å². The van der Waals surface area contributed by atoms with Gasteiger partial charge < -0.3 is 10.3 Å². The molecule has 1 aromatic carbocycles. The summed E-state index contributed by atoms with van der Waals surface area (Å²) in [6.45, 7) is 10.0. The van der Waals surface area contributed by atoms with Crippen LogP contribution in [0.15, 0.2) is 48.0 Å². The minimum Gasteiger partial charge on any atom is -0.361 e. The highest BCUT2D eigenvalue weighted by Crippen LogP contribution is 2.32. The van der Waals surface area contributed by atoms with Gasteiger partial charge in [0.1, 0.15) is 0 Å². The van der Waals surface area contributed by atoms with Crippen molar-refractivity contribution in [2.75, 3.05) is 6.54 Å². The predicted octanol–water partition coefficient (Wildman–Crippen LogP) is 5.58. The molecular weight excluding hydrogens is 416 g/mol. The topological polar surface area (TPSA) is 62.7 Å². The van der Waals surface area contributed by atoms with Crippen molar-refractivity contribution in [2.45, 2.75) is 53.0 Å². The Morgan fingerprint density at radius 3 is 2.75 bits per heavy atom. The average molecular weight is 449 g/mol. The number of aryl methyl sites for hydroxylation is 1. The summed E-state index contributed by atoms with van der Waals surface area (Å²) < 4.78 is 2.08. The Morgan fingerprint density at radius 1 is 1.19 bits per heavy atom. The number of nitrogens with zero attached hydrogens (tertiary/aromatic N) is 2. The number of H-pyrrole nitrogens is 1.